The number of nitrogens with one attached hydrogen (secondary N) is 1. The zero-order chi connectivity index (χ0) is 11.0. The van der Waals surface area contributed by atoms with Crippen LogP contribution in [0.25, 0.3) is 11.1 Å². The quantitative estimate of drug-likeness (QED) is 0.732. The molecule has 5 heteroatoms. The molecule has 0 aliphatic rings. The Labute approximate surface area is 85.8 Å². The first-order valence-electron chi connectivity index (χ1n) is 4.65. The van der Waals surface area contributed by atoms with Crippen molar-refractivity contribution in [1.82, 2.24) is 4.98 Å². The van der Waals surface area contributed by atoms with E-state index in [9.17, 15) is 4.79 Å². The number of ether oxygens (including phenoxy) is 1. The maximum atomic E-state index is 10.9. The van der Waals surface area contributed by atoms with E-state index in [1.165, 1.54) is 0 Å². The van der Waals surface area contributed by atoms with E-state index in [4.69, 9.17) is 14.9 Å². The number of anilines is 1. The monoisotopic (exact) mass is 208 g/mol. The van der Waals surface area contributed by atoms with Crippen LogP contribution in [0.5, 0.6) is 5.75 Å². The van der Waals surface area contributed by atoms with E-state index >= 15 is 0 Å². The Morgan fingerprint density at radius 3 is 2.87 bits per heavy atom. The first-order valence-corrected chi connectivity index (χ1v) is 4.65. The average molecular weight is 208 g/mol. The van der Waals surface area contributed by atoms with E-state index < -0.39 is 5.76 Å². The summed E-state index contributed by atoms with van der Waals surface area (Å²) in [6, 6.07) is 3.24. The zero-order valence-corrected chi connectivity index (χ0v) is 8.53. The Kier molecular flexibility index (Phi) is 2.15. The van der Waals surface area contributed by atoms with Crippen molar-refractivity contribution in [2.24, 2.45) is 0 Å². The van der Waals surface area contributed by atoms with Gasteiger partial charge in [0.25, 0.3) is 0 Å². The number of hydrogen-bond acceptors (Lipinski definition) is 4. The number of fused-ring (bicyclic) bond motifs is 1. The molecule has 0 spiro atoms. The molecule has 0 radical (unpaired) electrons. The molecule has 0 atom stereocenters. The lowest BCUT2D eigenvalue weighted by Gasteiger charge is -2.11. The highest BCUT2D eigenvalue weighted by atomic mass is 16.5. The summed E-state index contributed by atoms with van der Waals surface area (Å²) in [4.78, 5) is 13.5. The molecule has 3 N–H and O–H groups in total. The minimum Gasteiger partial charge on any atom is -0.489 e. The number of nitrogen functional groups attached to an aromatic ring is 1. The van der Waals surface area contributed by atoms with Gasteiger partial charge in [0, 0.05) is 12.1 Å². The molecule has 2 rings (SSSR count). The van der Waals surface area contributed by atoms with Crippen molar-refractivity contribution in [2.75, 3.05) is 5.73 Å². The van der Waals surface area contributed by atoms with Gasteiger partial charge in [-0.3, -0.25) is 4.98 Å². The van der Waals surface area contributed by atoms with E-state index in [0.717, 1.165) is 0 Å². The molecule has 0 fully saturated rings. The summed E-state index contributed by atoms with van der Waals surface area (Å²) in [6.45, 7) is 3.81. The molecule has 1 aromatic carbocycles. The van der Waals surface area contributed by atoms with Crippen LogP contribution in [-0.4, -0.2) is 11.1 Å². The van der Waals surface area contributed by atoms with Gasteiger partial charge in [-0.1, -0.05) is 0 Å². The van der Waals surface area contributed by atoms with Crippen molar-refractivity contribution in [2.45, 2.75) is 20.0 Å². The third-order valence-corrected chi connectivity index (χ3v) is 1.91. The predicted molar refractivity (Wildman–Crippen MR) is 57.0 cm³/mol. The fourth-order valence-electron chi connectivity index (χ4n) is 1.35. The van der Waals surface area contributed by atoms with Crippen LogP contribution in [0, 0.1) is 0 Å². The van der Waals surface area contributed by atoms with Gasteiger partial charge in [0.15, 0.2) is 5.58 Å². The lowest BCUT2D eigenvalue weighted by molar-refractivity contribution is 0.244. The zero-order valence-electron chi connectivity index (χ0n) is 8.53. The SMILES string of the molecule is CC(C)Oc1cc2[nH]c(=O)oc2cc1N. The molecule has 0 saturated carbocycles. The number of rotatable bonds is 2. The third kappa shape index (κ3) is 1.81. The molecule has 1 heterocycles. The number of aromatic nitrogens is 1. The Morgan fingerprint density at radius 1 is 1.47 bits per heavy atom. The Balaban J connectivity index is 2.56. The summed E-state index contributed by atoms with van der Waals surface area (Å²) in [5.41, 5.74) is 7.23. The minimum atomic E-state index is -0.494. The van der Waals surface area contributed by atoms with Crippen LogP contribution in [0.2, 0.25) is 0 Å². The Morgan fingerprint density at radius 2 is 2.20 bits per heavy atom. The van der Waals surface area contributed by atoms with Gasteiger partial charge in [-0.05, 0) is 13.8 Å². The highest BCUT2D eigenvalue weighted by Gasteiger charge is 2.08. The second kappa shape index (κ2) is 3.34. The van der Waals surface area contributed by atoms with Crippen molar-refractivity contribution < 1.29 is 9.15 Å². The molecule has 0 unspecified atom stereocenters. The third-order valence-electron chi connectivity index (χ3n) is 1.91. The summed E-state index contributed by atoms with van der Waals surface area (Å²) >= 11 is 0. The lowest BCUT2D eigenvalue weighted by Crippen LogP contribution is -2.07. The van der Waals surface area contributed by atoms with E-state index in [2.05, 4.69) is 4.98 Å². The maximum Gasteiger partial charge on any atom is 0.417 e. The molecule has 15 heavy (non-hydrogen) atoms. The molecule has 0 bridgehead atoms. The summed E-state index contributed by atoms with van der Waals surface area (Å²) in [5.74, 6) is 0.0562. The summed E-state index contributed by atoms with van der Waals surface area (Å²) < 4.78 is 10.3. The van der Waals surface area contributed by atoms with Gasteiger partial charge in [0.1, 0.15) is 5.75 Å². The van der Waals surface area contributed by atoms with E-state index in [1.54, 1.807) is 12.1 Å². The first kappa shape index (κ1) is 9.64. The van der Waals surface area contributed by atoms with E-state index in [0.29, 0.717) is 22.5 Å². The smallest absolute Gasteiger partial charge is 0.417 e. The second-order valence-electron chi connectivity index (χ2n) is 3.57. The average Bonchev–Trinajstić information content (AvgIpc) is 2.44. The van der Waals surface area contributed by atoms with Crippen molar-refractivity contribution in [3.05, 3.63) is 22.7 Å². The van der Waals surface area contributed by atoms with Gasteiger partial charge in [-0.2, -0.15) is 0 Å². The van der Waals surface area contributed by atoms with Crippen molar-refractivity contribution >= 4 is 16.8 Å². The van der Waals surface area contributed by atoms with Gasteiger partial charge in [-0.25, -0.2) is 4.79 Å². The first-order chi connectivity index (χ1) is 7.06. The largest absolute Gasteiger partial charge is 0.489 e. The number of benzene rings is 1. The standard InChI is InChI=1S/C10H12N2O3/c1-5(2)14-8-4-7-9(3-6(8)11)15-10(13)12-7/h3-5H,11H2,1-2H3,(H,12,13). The van der Waals surface area contributed by atoms with Crippen molar-refractivity contribution in [3.8, 4) is 5.75 Å². The van der Waals surface area contributed by atoms with Crippen molar-refractivity contribution in [3.63, 3.8) is 0 Å². The van der Waals surface area contributed by atoms with Gasteiger partial charge in [0.05, 0.1) is 17.3 Å². The van der Waals surface area contributed by atoms with Crippen LogP contribution >= 0.6 is 0 Å². The summed E-state index contributed by atoms with van der Waals surface area (Å²) in [6.07, 6.45) is 0.0309. The predicted octanol–water partition coefficient (Wildman–Crippen LogP) is 1.49. The number of aromatic amines is 1. The molecule has 0 amide bonds. The van der Waals surface area contributed by atoms with Crippen LogP contribution in [0.4, 0.5) is 5.69 Å². The Hall–Kier alpha value is -1.91. The molecule has 0 saturated heterocycles. The number of nitrogens with two attached hydrogens (primary N) is 1. The fraction of sp³-hybridized carbons (Fsp3) is 0.300. The highest BCUT2D eigenvalue weighted by Crippen LogP contribution is 2.27. The van der Waals surface area contributed by atoms with E-state index in [-0.39, 0.29) is 6.10 Å². The van der Waals surface area contributed by atoms with Gasteiger partial charge >= 0.3 is 5.76 Å². The van der Waals surface area contributed by atoms with Gasteiger partial charge < -0.3 is 14.9 Å². The molecule has 0 aliphatic heterocycles. The second-order valence-corrected chi connectivity index (χ2v) is 3.57. The Bertz CT molecular complexity index is 539. The molecule has 1 aromatic heterocycles. The minimum absolute atomic E-state index is 0.0309. The molecule has 0 aliphatic carbocycles. The molecular weight excluding hydrogens is 196 g/mol. The highest BCUT2D eigenvalue weighted by molar-refractivity contribution is 5.80. The summed E-state index contributed by atoms with van der Waals surface area (Å²) in [5, 5.41) is 0. The summed E-state index contributed by atoms with van der Waals surface area (Å²) in [7, 11) is 0. The molecule has 80 valence electrons. The lowest BCUT2D eigenvalue weighted by atomic mass is 10.2. The van der Waals surface area contributed by atoms with Crippen LogP contribution in [0.15, 0.2) is 21.3 Å². The van der Waals surface area contributed by atoms with Gasteiger partial charge in [0.2, 0.25) is 0 Å². The molecular formula is C10H12N2O3. The van der Waals surface area contributed by atoms with Gasteiger partial charge in [-0.15, -0.1) is 0 Å². The molecule has 2 aromatic rings. The number of oxazole rings is 1. The van der Waals surface area contributed by atoms with Crippen LogP contribution in [0.1, 0.15) is 13.8 Å². The topological polar surface area (TPSA) is 81.2 Å². The number of hydrogen-bond donors (Lipinski definition) is 2. The number of H-pyrrole nitrogens is 1. The van der Waals surface area contributed by atoms with E-state index in [1.807, 2.05) is 13.8 Å². The van der Waals surface area contributed by atoms with Crippen LogP contribution < -0.4 is 16.2 Å². The fourth-order valence-corrected chi connectivity index (χ4v) is 1.35. The maximum absolute atomic E-state index is 10.9. The normalized spacial score (nSPS) is 11.1. The van der Waals surface area contributed by atoms with Crippen LogP contribution in [0.3, 0.4) is 0 Å². The molecule has 5 nitrogen and oxygen atoms in total. The van der Waals surface area contributed by atoms with Crippen LogP contribution in [-0.2, 0) is 0 Å². The van der Waals surface area contributed by atoms with Crippen molar-refractivity contribution in [1.29, 1.82) is 0 Å².